The number of ketones is 1. The van der Waals surface area contributed by atoms with E-state index in [4.69, 9.17) is 14.2 Å². The van der Waals surface area contributed by atoms with Crippen molar-refractivity contribution in [2.45, 2.75) is 24.5 Å². The average Bonchev–Trinajstić information content (AvgIpc) is 3.11. The molecule has 4 rings (SSSR count). The molecule has 2 aromatic rings. The lowest BCUT2D eigenvalue weighted by Crippen LogP contribution is -2.25. The maximum absolute atomic E-state index is 13.2. The number of amides is 2. The van der Waals surface area contributed by atoms with Gasteiger partial charge in [0.1, 0.15) is 0 Å². The molecule has 1 aliphatic heterocycles. The zero-order valence-corrected chi connectivity index (χ0v) is 18.6. The molecule has 8 heteroatoms. The number of nitrogens with one attached hydrogen (secondary N) is 1. The Morgan fingerprint density at radius 2 is 1.91 bits per heavy atom. The van der Waals surface area contributed by atoms with Crippen molar-refractivity contribution in [2.24, 2.45) is 0 Å². The number of carbonyl (C=O) groups excluding carboxylic acids is 3. The lowest BCUT2D eigenvalue weighted by Gasteiger charge is -2.19. The van der Waals surface area contributed by atoms with Crippen LogP contribution in [0.1, 0.15) is 33.5 Å². The molecule has 0 aromatic heterocycles. The van der Waals surface area contributed by atoms with E-state index in [9.17, 15) is 14.4 Å². The fourth-order valence-corrected chi connectivity index (χ4v) is 4.69. The van der Waals surface area contributed by atoms with Crippen molar-refractivity contribution in [3.05, 3.63) is 64.2 Å². The van der Waals surface area contributed by atoms with Gasteiger partial charge in [-0.3, -0.25) is 19.7 Å². The van der Waals surface area contributed by atoms with Crippen molar-refractivity contribution in [3.8, 4) is 11.5 Å². The van der Waals surface area contributed by atoms with Gasteiger partial charge in [0.15, 0.2) is 24.1 Å². The Bertz CT molecular complexity index is 1110. The van der Waals surface area contributed by atoms with Crippen LogP contribution in [0.25, 0.3) is 6.08 Å². The Hall–Kier alpha value is -3.10. The molecule has 1 aliphatic carbocycles. The molecule has 1 atom stereocenters. The predicted molar refractivity (Wildman–Crippen MR) is 121 cm³/mol. The largest absolute Gasteiger partial charge is 0.493 e. The lowest BCUT2D eigenvalue weighted by atomic mass is 9.84. The van der Waals surface area contributed by atoms with Gasteiger partial charge < -0.3 is 14.2 Å². The summed E-state index contributed by atoms with van der Waals surface area (Å²) in [6, 6.07) is 11.2. The number of methoxy groups -OCH3 is 2. The first-order chi connectivity index (χ1) is 15.5. The minimum Gasteiger partial charge on any atom is -0.493 e. The maximum Gasteiger partial charge on any atom is 0.286 e. The lowest BCUT2D eigenvalue weighted by molar-refractivity contribution is -0.118. The van der Waals surface area contributed by atoms with E-state index >= 15 is 0 Å². The summed E-state index contributed by atoms with van der Waals surface area (Å²) in [6.45, 7) is 0.115. The van der Waals surface area contributed by atoms with Gasteiger partial charge in [-0.05, 0) is 60.2 Å². The minimum atomic E-state index is -0.458. The van der Waals surface area contributed by atoms with E-state index in [-0.39, 0.29) is 23.7 Å². The molecule has 1 N–H and O–H groups in total. The Balaban J connectivity index is 1.55. The molecule has 1 unspecified atom stereocenters. The molecule has 2 aliphatic rings. The zero-order chi connectivity index (χ0) is 22.7. The highest BCUT2D eigenvalue weighted by molar-refractivity contribution is 8.15. The van der Waals surface area contributed by atoms with E-state index in [1.807, 2.05) is 36.4 Å². The summed E-state index contributed by atoms with van der Waals surface area (Å²) in [5, 5.41) is 1.52. The molecule has 7 nitrogen and oxygen atoms in total. The number of hydrogen-bond acceptors (Lipinski definition) is 7. The fourth-order valence-electron chi connectivity index (χ4n) is 3.83. The number of rotatable bonds is 7. The van der Waals surface area contributed by atoms with Crippen LogP contribution in [0, 0.1) is 0 Å². The van der Waals surface area contributed by atoms with Gasteiger partial charge in [0.2, 0.25) is 5.91 Å². The first kappa shape index (κ1) is 22.1. The van der Waals surface area contributed by atoms with Crippen molar-refractivity contribution in [1.29, 1.82) is 0 Å². The SMILES string of the molecule is COCOc1ccc(C=C2CCc3ccc(CC4SC(=O)NC4=O)cc3C2=O)cc1OC. The van der Waals surface area contributed by atoms with Crippen molar-refractivity contribution < 1.29 is 28.6 Å². The molecule has 166 valence electrons. The summed E-state index contributed by atoms with van der Waals surface area (Å²) >= 11 is 0.993. The summed E-state index contributed by atoms with van der Waals surface area (Å²) in [5.74, 6) is 0.820. The van der Waals surface area contributed by atoms with Gasteiger partial charge in [-0.1, -0.05) is 30.0 Å². The van der Waals surface area contributed by atoms with Crippen LogP contribution in [0.5, 0.6) is 11.5 Å². The van der Waals surface area contributed by atoms with Gasteiger partial charge in [0, 0.05) is 18.2 Å². The quantitative estimate of drug-likeness (QED) is 0.504. The predicted octanol–water partition coefficient (Wildman–Crippen LogP) is 3.78. The monoisotopic (exact) mass is 453 g/mol. The van der Waals surface area contributed by atoms with E-state index in [1.165, 1.54) is 0 Å². The number of thioether (sulfide) groups is 1. The summed E-state index contributed by atoms with van der Waals surface area (Å²) < 4.78 is 15.8. The molecule has 0 radical (unpaired) electrons. The molecule has 0 bridgehead atoms. The normalized spacial score (nSPS) is 19.1. The summed E-state index contributed by atoms with van der Waals surface area (Å²) in [7, 11) is 3.11. The second kappa shape index (κ2) is 9.58. The van der Waals surface area contributed by atoms with Crippen molar-refractivity contribution in [2.75, 3.05) is 21.0 Å². The van der Waals surface area contributed by atoms with Crippen LogP contribution in [0.3, 0.4) is 0 Å². The van der Waals surface area contributed by atoms with Crippen molar-refractivity contribution >= 4 is 34.8 Å². The number of aryl methyl sites for hydroxylation is 1. The Morgan fingerprint density at radius 3 is 2.62 bits per heavy atom. The summed E-state index contributed by atoms with van der Waals surface area (Å²) in [5.41, 5.74) is 4.07. The molecule has 2 amide bonds. The van der Waals surface area contributed by atoms with E-state index in [2.05, 4.69) is 5.32 Å². The Kier molecular flexibility index (Phi) is 6.62. The van der Waals surface area contributed by atoms with Crippen molar-refractivity contribution in [3.63, 3.8) is 0 Å². The molecule has 0 saturated carbocycles. The van der Waals surface area contributed by atoms with Crippen LogP contribution >= 0.6 is 11.8 Å². The number of allylic oxidation sites excluding steroid dienone is 1. The van der Waals surface area contributed by atoms with Gasteiger partial charge in [0.05, 0.1) is 12.4 Å². The van der Waals surface area contributed by atoms with Crippen LogP contribution < -0.4 is 14.8 Å². The van der Waals surface area contributed by atoms with Gasteiger partial charge in [-0.15, -0.1) is 0 Å². The minimum absolute atomic E-state index is 0.0219. The number of fused-ring (bicyclic) bond motifs is 1. The highest BCUT2D eigenvalue weighted by Gasteiger charge is 2.32. The number of imide groups is 1. The van der Waals surface area contributed by atoms with Gasteiger partial charge >= 0.3 is 0 Å². The molecule has 0 spiro atoms. The second-order valence-corrected chi connectivity index (χ2v) is 8.71. The third kappa shape index (κ3) is 4.71. The molecule has 1 saturated heterocycles. The highest BCUT2D eigenvalue weighted by atomic mass is 32.2. The van der Waals surface area contributed by atoms with E-state index in [1.54, 1.807) is 20.3 Å². The second-order valence-electron chi connectivity index (χ2n) is 7.54. The first-order valence-corrected chi connectivity index (χ1v) is 11.0. The van der Waals surface area contributed by atoms with Crippen LogP contribution in [0.2, 0.25) is 0 Å². The van der Waals surface area contributed by atoms with Crippen LogP contribution in [0.4, 0.5) is 4.79 Å². The zero-order valence-electron chi connectivity index (χ0n) is 17.8. The number of hydrogen-bond donors (Lipinski definition) is 1. The van der Waals surface area contributed by atoms with Gasteiger partial charge in [-0.2, -0.15) is 0 Å². The molecule has 1 fully saturated rings. The fraction of sp³-hybridized carbons (Fsp3) is 0.292. The third-order valence-corrected chi connectivity index (χ3v) is 6.40. The third-order valence-electron chi connectivity index (χ3n) is 5.42. The smallest absolute Gasteiger partial charge is 0.286 e. The number of carbonyl (C=O) groups is 3. The van der Waals surface area contributed by atoms with Crippen LogP contribution in [-0.2, 0) is 22.4 Å². The van der Waals surface area contributed by atoms with Crippen molar-refractivity contribution in [1.82, 2.24) is 5.32 Å². The summed E-state index contributed by atoms with van der Waals surface area (Å²) in [4.78, 5) is 36.5. The summed E-state index contributed by atoms with van der Waals surface area (Å²) in [6.07, 6.45) is 3.68. The molecule has 2 aromatic carbocycles. The highest BCUT2D eigenvalue weighted by Crippen LogP contribution is 2.32. The standard InChI is InChI=1S/C24H23NO6S/c1-29-13-31-19-8-4-14(11-20(19)30-2)9-17-7-6-16-5-3-15(10-18(16)22(17)26)12-21-23(27)25-24(28)32-21/h3-5,8-11,21H,6-7,12-13H2,1-2H3,(H,25,27,28). The van der Waals surface area contributed by atoms with E-state index in [0.717, 1.165) is 34.9 Å². The number of ether oxygens (including phenoxy) is 3. The van der Waals surface area contributed by atoms with Crippen LogP contribution in [-0.4, -0.2) is 43.2 Å². The molecule has 1 heterocycles. The van der Waals surface area contributed by atoms with Gasteiger partial charge in [0.25, 0.3) is 5.24 Å². The average molecular weight is 454 g/mol. The maximum atomic E-state index is 13.2. The van der Waals surface area contributed by atoms with E-state index < -0.39 is 5.25 Å². The number of Topliss-reactive ketones (excluding diaryl/α,β-unsaturated/α-hetero) is 1. The van der Waals surface area contributed by atoms with Crippen LogP contribution in [0.15, 0.2) is 42.0 Å². The Labute approximate surface area is 190 Å². The van der Waals surface area contributed by atoms with E-state index in [0.29, 0.717) is 35.5 Å². The van der Waals surface area contributed by atoms with Gasteiger partial charge in [-0.25, -0.2) is 0 Å². The molecule has 32 heavy (non-hydrogen) atoms. The first-order valence-electron chi connectivity index (χ1n) is 10.2. The molecular formula is C24H23NO6S. The number of benzene rings is 2. The Morgan fingerprint density at radius 1 is 1.06 bits per heavy atom. The molecular weight excluding hydrogens is 430 g/mol. The topological polar surface area (TPSA) is 90.9 Å².